The first kappa shape index (κ1) is 17.0. The van der Waals surface area contributed by atoms with Crippen molar-refractivity contribution in [3.63, 3.8) is 0 Å². The number of halogens is 2. The Bertz CT molecular complexity index is 704. The smallest absolute Gasteiger partial charge is 0.253 e. The zero-order chi connectivity index (χ0) is 16.8. The summed E-state index contributed by atoms with van der Waals surface area (Å²) in [5.74, 6) is -1.10. The quantitative estimate of drug-likeness (QED) is 0.882. The standard InChI is InChI=1S/C17H16ClFN2O2/c1-11(12-6-8-13(19)9-7-12)21-16(22)10-20-17(23)14-4-2-3-5-15(14)18/h2-9,11H,10H2,1H3,(H,20,23)(H,21,22). The third-order valence-electron chi connectivity index (χ3n) is 3.28. The number of rotatable bonds is 5. The Morgan fingerprint density at radius 1 is 1.13 bits per heavy atom. The van der Waals surface area contributed by atoms with Crippen LogP contribution in [0.15, 0.2) is 48.5 Å². The van der Waals surface area contributed by atoms with Gasteiger partial charge in [0, 0.05) is 0 Å². The lowest BCUT2D eigenvalue weighted by atomic mass is 10.1. The van der Waals surface area contributed by atoms with Gasteiger partial charge in [0.2, 0.25) is 5.91 Å². The fraction of sp³-hybridized carbons (Fsp3) is 0.176. The monoisotopic (exact) mass is 334 g/mol. The van der Waals surface area contributed by atoms with Gasteiger partial charge in [-0.15, -0.1) is 0 Å². The molecule has 6 heteroatoms. The molecule has 23 heavy (non-hydrogen) atoms. The van der Waals surface area contributed by atoms with Gasteiger partial charge in [-0.3, -0.25) is 9.59 Å². The lowest BCUT2D eigenvalue weighted by Crippen LogP contribution is -2.38. The van der Waals surface area contributed by atoms with Gasteiger partial charge in [-0.05, 0) is 36.8 Å². The van der Waals surface area contributed by atoms with Crippen LogP contribution >= 0.6 is 11.6 Å². The van der Waals surface area contributed by atoms with E-state index in [4.69, 9.17) is 11.6 Å². The van der Waals surface area contributed by atoms with E-state index in [2.05, 4.69) is 10.6 Å². The molecule has 0 saturated heterocycles. The average Bonchev–Trinajstić information content (AvgIpc) is 2.53. The van der Waals surface area contributed by atoms with Crippen molar-refractivity contribution in [3.8, 4) is 0 Å². The molecule has 120 valence electrons. The van der Waals surface area contributed by atoms with E-state index in [9.17, 15) is 14.0 Å². The van der Waals surface area contributed by atoms with Crippen LogP contribution in [0.2, 0.25) is 5.02 Å². The number of hydrogen-bond donors (Lipinski definition) is 2. The Labute approximate surface area is 138 Å². The molecular formula is C17H16ClFN2O2. The van der Waals surface area contributed by atoms with Gasteiger partial charge in [-0.2, -0.15) is 0 Å². The zero-order valence-electron chi connectivity index (χ0n) is 12.5. The first-order chi connectivity index (χ1) is 11.0. The minimum atomic E-state index is -0.416. The van der Waals surface area contributed by atoms with Gasteiger partial charge in [-0.1, -0.05) is 35.9 Å². The van der Waals surface area contributed by atoms with Crippen LogP contribution < -0.4 is 10.6 Å². The molecule has 2 aromatic rings. The van der Waals surface area contributed by atoms with Crippen LogP contribution in [0.4, 0.5) is 4.39 Å². The van der Waals surface area contributed by atoms with Crippen LogP contribution in [0.25, 0.3) is 0 Å². The van der Waals surface area contributed by atoms with E-state index < -0.39 is 5.91 Å². The fourth-order valence-electron chi connectivity index (χ4n) is 2.03. The number of hydrogen-bond acceptors (Lipinski definition) is 2. The highest BCUT2D eigenvalue weighted by Gasteiger charge is 2.13. The Hall–Kier alpha value is -2.40. The molecule has 0 aromatic heterocycles. The summed E-state index contributed by atoms with van der Waals surface area (Å²) < 4.78 is 12.9. The molecule has 0 aliphatic carbocycles. The van der Waals surface area contributed by atoms with E-state index in [0.717, 1.165) is 5.56 Å². The van der Waals surface area contributed by atoms with E-state index in [1.54, 1.807) is 43.3 Å². The van der Waals surface area contributed by atoms with Crippen LogP contribution in [-0.2, 0) is 4.79 Å². The molecule has 0 radical (unpaired) electrons. The molecule has 2 aromatic carbocycles. The topological polar surface area (TPSA) is 58.2 Å². The van der Waals surface area contributed by atoms with Crippen LogP contribution in [0.3, 0.4) is 0 Å². The Balaban J connectivity index is 1.86. The lowest BCUT2D eigenvalue weighted by molar-refractivity contribution is -0.120. The van der Waals surface area contributed by atoms with Crippen molar-refractivity contribution < 1.29 is 14.0 Å². The van der Waals surface area contributed by atoms with Crippen molar-refractivity contribution in [2.45, 2.75) is 13.0 Å². The lowest BCUT2D eigenvalue weighted by Gasteiger charge is -2.14. The van der Waals surface area contributed by atoms with Crippen LogP contribution in [0.1, 0.15) is 28.9 Å². The number of amides is 2. The number of carbonyl (C=O) groups excluding carboxylic acids is 2. The summed E-state index contributed by atoms with van der Waals surface area (Å²) in [6.07, 6.45) is 0. The predicted octanol–water partition coefficient (Wildman–Crippen LogP) is 3.09. The number of carbonyl (C=O) groups is 2. The molecule has 2 N–H and O–H groups in total. The van der Waals surface area contributed by atoms with E-state index in [-0.39, 0.29) is 24.3 Å². The molecule has 1 atom stereocenters. The second-order valence-electron chi connectivity index (χ2n) is 5.00. The van der Waals surface area contributed by atoms with Gasteiger partial charge >= 0.3 is 0 Å². The van der Waals surface area contributed by atoms with Gasteiger partial charge in [0.05, 0.1) is 23.2 Å². The van der Waals surface area contributed by atoms with Gasteiger partial charge in [-0.25, -0.2) is 4.39 Å². The maximum absolute atomic E-state index is 12.9. The molecule has 0 heterocycles. The maximum Gasteiger partial charge on any atom is 0.253 e. The van der Waals surface area contributed by atoms with Crippen molar-refractivity contribution in [2.24, 2.45) is 0 Å². The van der Waals surface area contributed by atoms with Crippen LogP contribution in [0, 0.1) is 5.82 Å². The third kappa shape index (κ3) is 4.79. The number of benzene rings is 2. The van der Waals surface area contributed by atoms with E-state index in [0.29, 0.717) is 10.6 Å². The zero-order valence-corrected chi connectivity index (χ0v) is 13.2. The Morgan fingerprint density at radius 2 is 1.78 bits per heavy atom. The summed E-state index contributed by atoms with van der Waals surface area (Å²) in [6, 6.07) is 12.2. The van der Waals surface area contributed by atoms with Crippen molar-refractivity contribution >= 4 is 23.4 Å². The van der Waals surface area contributed by atoms with Gasteiger partial charge in [0.25, 0.3) is 5.91 Å². The highest BCUT2D eigenvalue weighted by atomic mass is 35.5. The molecule has 0 aliphatic heterocycles. The van der Waals surface area contributed by atoms with Gasteiger partial charge in [0.1, 0.15) is 5.82 Å². The molecule has 1 unspecified atom stereocenters. The highest BCUT2D eigenvalue weighted by Crippen LogP contribution is 2.14. The van der Waals surface area contributed by atoms with Gasteiger partial charge in [0.15, 0.2) is 0 Å². The first-order valence-corrected chi connectivity index (χ1v) is 7.42. The van der Waals surface area contributed by atoms with Crippen LogP contribution in [0.5, 0.6) is 0 Å². The normalized spacial score (nSPS) is 11.6. The summed E-state index contributed by atoms with van der Waals surface area (Å²) in [4.78, 5) is 23.8. The van der Waals surface area contributed by atoms with Crippen molar-refractivity contribution in [1.29, 1.82) is 0 Å². The SMILES string of the molecule is CC(NC(=O)CNC(=O)c1ccccc1Cl)c1ccc(F)cc1. The van der Waals surface area contributed by atoms with Gasteiger partial charge < -0.3 is 10.6 Å². The van der Waals surface area contributed by atoms with E-state index in [1.807, 2.05) is 0 Å². The Kier molecular flexibility index (Phi) is 5.71. The largest absolute Gasteiger partial charge is 0.348 e. The molecule has 4 nitrogen and oxygen atoms in total. The van der Waals surface area contributed by atoms with E-state index >= 15 is 0 Å². The average molecular weight is 335 g/mol. The maximum atomic E-state index is 12.9. The minimum absolute atomic E-state index is 0.171. The minimum Gasteiger partial charge on any atom is -0.348 e. The van der Waals surface area contributed by atoms with Crippen molar-refractivity contribution in [2.75, 3.05) is 6.54 Å². The summed E-state index contributed by atoms with van der Waals surface area (Å²) in [5.41, 5.74) is 1.09. The van der Waals surface area contributed by atoms with E-state index in [1.165, 1.54) is 12.1 Å². The molecule has 0 fully saturated rings. The molecule has 2 rings (SSSR count). The molecule has 0 aliphatic rings. The molecule has 2 amide bonds. The summed E-state index contributed by atoms with van der Waals surface area (Å²) in [6.45, 7) is 1.61. The highest BCUT2D eigenvalue weighted by molar-refractivity contribution is 6.33. The summed E-state index contributed by atoms with van der Waals surface area (Å²) >= 11 is 5.92. The fourth-order valence-corrected chi connectivity index (χ4v) is 2.25. The number of nitrogens with one attached hydrogen (secondary N) is 2. The summed E-state index contributed by atoms with van der Waals surface area (Å²) in [5, 5.41) is 5.56. The summed E-state index contributed by atoms with van der Waals surface area (Å²) in [7, 11) is 0. The second kappa shape index (κ2) is 7.74. The third-order valence-corrected chi connectivity index (χ3v) is 3.61. The predicted molar refractivity (Wildman–Crippen MR) is 86.7 cm³/mol. The first-order valence-electron chi connectivity index (χ1n) is 7.05. The molecule has 0 spiro atoms. The van der Waals surface area contributed by atoms with Crippen LogP contribution in [-0.4, -0.2) is 18.4 Å². The molecule has 0 saturated carbocycles. The Morgan fingerprint density at radius 3 is 2.43 bits per heavy atom. The molecule has 0 bridgehead atoms. The van der Waals surface area contributed by atoms with Crippen molar-refractivity contribution in [3.05, 3.63) is 70.5 Å². The van der Waals surface area contributed by atoms with Crippen molar-refractivity contribution in [1.82, 2.24) is 10.6 Å². The molecular weight excluding hydrogens is 319 g/mol. The second-order valence-corrected chi connectivity index (χ2v) is 5.41.